The fraction of sp³-hybridized carbons (Fsp3) is 0.308. The van der Waals surface area contributed by atoms with E-state index in [1.807, 2.05) is 6.92 Å². The van der Waals surface area contributed by atoms with Crippen LogP contribution in [0.25, 0.3) is 21.8 Å². The molecule has 1 amide bonds. The van der Waals surface area contributed by atoms with Crippen molar-refractivity contribution in [2.24, 2.45) is 0 Å². The van der Waals surface area contributed by atoms with E-state index in [0.717, 1.165) is 50.1 Å². The van der Waals surface area contributed by atoms with E-state index in [0.29, 0.717) is 6.42 Å². The molecule has 1 heterocycles. The van der Waals surface area contributed by atoms with Crippen LogP contribution < -0.4 is 5.32 Å². The molecule has 4 rings (SSSR count). The van der Waals surface area contributed by atoms with Gasteiger partial charge in [-0.2, -0.15) is 0 Å². The van der Waals surface area contributed by atoms with Crippen molar-refractivity contribution in [2.75, 3.05) is 6.54 Å². The number of aryl methyl sites for hydroxylation is 1. The summed E-state index contributed by atoms with van der Waals surface area (Å²) in [4.78, 5) is 16.3. The molecule has 0 aliphatic heterocycles. The summed E-state index contributed by atoms with van der Waals surface area (Å²) in [5, 5.41) is 5.50. The molecule has 0 atom stereocenters. The molecule has 0 saturated carbocycles. The number of carbonyl (C=O) groups is 1. The van der Waals surface area contributed by atoms with Gasteiger partial charge in [0, 0.05) is 25.9 Å². The molecule has 4 nitrogen and oxygen atoms in total. The van der Waals surface area contributed by atoms with Crippen LogP contribution in [0.3, 0.4) is 0 Å². The Hall–Kier alpha value is -3.14. The third kappa shape index (κ3) is 4.70. The number of benzene rings is 3. The average Bonchev–Trinajstić information content (AvgIpc) is 3.13. The zero-order chi connectivity index (χ0) is 20.8. The molecule has 0 aliphatic rings. The van der Waals surface area contributed by atoms with Gasteiger partial charge in [0.2, 0.25) is 5.91 Å². The van der Waals surface area contributed by atoms with Crippen LogP contribution in [-0.4, -0.2) is 22.0 Å². The Morgan fingerprint density at radius 3 is 2.60 bits per heavy atom. The maximum Gasteiger partial charge on any atom is 0.219 e. The van der Waals surface area contributed by atoms with Gasteiger partial charge in [-0.25, -0.2) is 4.98 Å². The summed E-state index contributed by atoms with van der Waals surface area (Å²) in [6.07, 6.45) is 4.67. The normalized spacial score (nSPS) is 11.2. The van der Waals surface area contributed by atoms with Crippen LogP contribution >= 0.6 is 0 Å². The lowest BCUT2D eigenvalue weighted by Crippen LogP contribution is -2.23. The maximum atomic E-state index is 11.3. The van der Waals surface area contributed by atoms with Crippen molar-refractivity contribution >= 4 is 27.7 Å². The van der Waals surface area contributed by atoms with Gasteiger partial charge >= 0.3 is 0 Å². The summed E-state index contributed by atoms with van der Waals surface area (Å²) in [5.41, 5.74) is 3.54. The largest absolute Gasteiger partial charge is 0.356 e. The van der Waals surface area contributed by atoms with Gasteiger partial charge in [-0.1, -0.05) is 61.9 Å². The molecule has 0 fully saturated rings. The van der Waals surface area contributed by atoms with Crippen molar-refractivity contribution in [2.45, 2.75) is 45.6 Å². The number of fused-ring (bicyclic) bond motifs is 2. The Labute approximate surface area is 177 Å². The van der Waals surface area contributed by atoms with E-state index >= 15 is 0 Å². The Morgan fingerprint density at radius 1 is 0.933 bits per heavy atom. The fourth-order valence-electron chi connectivity index (χ4n) is 3.95. The first kappa shape index (κ1) is 20.1. The summed E-state index contributed by atoms with van der Waals surface area (Å²) in [6.45, 7) is 3.47. The number of rotatable bonds is 9. The van der Waals surface area contributed by atoms with Crippen molar-refractivity contribution < 1.29 is 4.79 Å². The number of unbranched alkanes of at least 4 members (excludes halogenated alkanes) is 2. The van der Waals surface area contributed by atoms with E-state index in [1.54, 1.807) is 0 Å². The first-order valence-corrected chi connectivity index (χ1v) is 10.9. The average molecular weight is 400 g/mol. The Bertz CT molecular complexity index is 1150. The summed E-state index contributed by atoms with van der Waals surface area (Å²) < 4.78 is 2.36. The van der Waals surface area contributed by atoms with E-state index in [-0.39, 0.29) is 5.91 Å². The lowest BCUT2D eigenvalue weighted by atomic mass is 10.1. The summed E-state index contributed by atoms with van der Waals surface area (Å²) in [6, 6.07) is 23.6. The number of nitrogens with one attached hydrogen (secondary N) is 1. The SMILES string of the molecule is CCC(=O)NCCCCCc1nc2ccccc2n1Cc1ccc2ccccc2c1. The van der Waals surface area contributed by atoms with Crippen LogP contribution in [0.1, 0.15) is 44.0 Å². The van der Waals surface area contributed by atoms with Gasteiger partial charge in [-0.15, -0.1) is 0 Å². The Balaban J connectivity index is 1.48. The number of aromatic nitrogens is 2. The van der Waals surface area contributed by atoms with Crippen LogP contribution in [0, 0.1) is 0 Å². The monoisotopic (exact) mass is 399 g/mol. The van der Waals surface area contributed by atoms with Crippen molar-refractivity contribution in [3.8, 4) is 0 Å². The molecule has 3 aromatic carbocycles. The molecule has 0 saturated heterocycles. The molecule has 154 valence electrons. The number of hydrogen-bond acceptors (Lipinski definition) is 2. The van der Waals surface area contributed by atoms with Crippen LogP contribution in [0.5, 0.6) is 0 Å². The van der Waals surface area contributed by atoms with Gasteiger partial charge in [-0.05, 0) is 47.4 Å². The predicted molar refractivity (Wildman–Crippen MR) is 124 cm³/mol. The third-order valence-electron chi connectivity index (χ3n) is 5.61. The van der Waals surface area contributed by atoms with Crippen molar-refractivity contribution in [1.29, 1.82) is 0 Å². The molecule has 0 bridgehead atoms. The Morgan fingerprint density at radius 2 is 1.73 bits per heavy atom. The summed E-state index contributed by atoms with van der Waals surface area (Å²) in [5.74, 6) is 1.27. The van der Waals surface area contributed by atoms with Crippen molar-refractivity contribution in [1.82, 2.24) is 14.9 Å². The molecule has 1 aromatic heterocycles. The van der Waals surface area contributed by atoms with E-state index < -0.39 is 0 Å². The number of nitrogens with zero attached hydrogens (tertiary/aromatic N) is 2. The van der Waals surface area contributed by atoms with Crippen molar-refractivity contribution in [3.63, 3.8) is 0 Å². The maximum absolute atomic E-state index is 11.3. The van der Waals surface area contributed by atoms with Gasteiger partial charge in [-0.3, -0.25) is 4.79 Å². The van der Waals surface area contributed by atoms with E-state index in [9.17, 15) is 4.79 Å². The number of hydrogen-bond donors (Lipinski definition) is 1. The fourth-order valence-corrected chi connectivity index (χ4v) is 3.95. The third-order valence-corrected chi connectivity index (χ3v) is 5.61. The van der Waals surface area contributed by atoms with Gasteiger partial charge in [0.1, 0.15) is 5.82 Å². The van der Waals surface area contributed by atoms with Crippen LogP contribution in [0.2, 0.25) is 0 Å². The highest BCUT2D eigenvalue weighted by molar-refractivity contribution is 5.83. The number of para-hydroxylation sites is 2. The minimum Gasteiger partial charge on any atom is -0.356 e. The second-order valence-electron chi connectivity index (χ2n) is 7.80. The van der Waals surface area contributed by atoms with E-state index in [4.69, 9.17) is 4.98 Å². The number of amides is 1. The zero-order valence-electron chi connectivity index (χ0n) is 17.6. The molecule has 4 aromatic rings. The molecule has 0 unspecified atom stereocenters. The Kier molecular flexibility index (Phi) is 6.43. The van der Waals surface area contributed by atoms with Gasteiger partial charge in [0.25, 0.3) is 0 Å². The smallest absolute Gasteiger partial charge is 0.219 e. The molecule has 0 spiro atoms. The molecule has 0 radical (unpaired) electrons. The number of carbonyl (C=O) groups excluding carboxylic acids is 1. The highest BCUT2D eigenvalue weighted by Gasteiger charge is 2.11. The topological polar surface area (TPSA) is 46.9 Å². The molecular weight excluding hydrogens is 370 g/mol. The van der Waals surface area contributed by atoms with Gasteiger partial charge in [0.15, 0.2) is 0 Å². The molecule has 0 aliphatic carbocycles. The lowest BCUT2D eigenvalue weighted by molar-refractivity contribution is -0.120. The molecule has 4 heteroatoms. The second kappa shape index (κ2) is 9.57. The summed E-state index contributed by atoms with van der Waals surface area (Å²) in [7, 11) is 0. The summed E-state index contributed by atoms with van der Waals surface area (Å²) >= 11 is 0. The van der Waals surface area contributed by atoms with Gasteiger partial charge < -0.3 is 9.88 Å². The van der Waals surface area contributed by atoms with E-state index in [1.165, 1.54) is 21.9 Å². The van der Waals surface area contributed by atoms with Crippen LogP contribution in [-0.2, 0) is 17.8 Å². The minimum absolute atomic E-state index is 0.132. The number of imidazole rings is 1. The quantitative estimate of drug-likeness (QED) is 0.379. The highest BCUT2D eigenvalue weighted by atomic mass is 16.1. The molecular formula is C26H29N3O. The minimum atomic E-state index is 0.132. The van der Waals surface area contributed by atoms with Crippen molar-refractivity contribution in [3.05, 3.63) is 78.1 Å². The highest BCUT2D eigenvalue weighted by Crippen LogP contribution is 2.22. The first-order valence-electron chi connectivity index (χ1n) is 10.9. The van der Waals surface area contributed by atoms with Crippen LogP contribution in [0.4, 0.5) is 0 Å². The zero-order valence-corrected chi connectivity index (χ0v) is 17.6. The van der Waals surface area contributed by atoms with E-state index in [2.05, 4.69) is 76.6 Å². The predicted octanol–water partition coefficient (Wildman–Crippen LogP) is 5.48. The lowest BCUT2D eigenvalue weighted by Gasteiger charge is -2.11. The first-order chi connectivity index (χ1) is 14.7. The molecule has 1 N–H and O–H groups in total. The second-order valence-corrected chi connectivity index (χ2v) is 7.80. The van der Waals surface area contributed by atoms with Crippen LogP contribution in [0.15, 0.2) is 66.7 Å². The van der Waals surface area contributed by atoms with Gasteiger partial charge in [0.05, 0.1) is 11.0 Å². The standard InChI is InChI=1S/C26H29N3O/c1-2-26(30)27-17-9-3-4-14-25-28-23-12-7-8-13-24(23)29(25)19-20-15-16-21-10-5-6-11-22(21)18-20/h5-8,10-13,15-16,18H,2-4,9,14,17,19H2,1H3,(H,27,30). The molecule has 30 heavy (non-hydrogen) atoms.